The molecule has 0 spiro atoms. The topological polar surface area (TPSA) is 71.5 Å². The third-order valence-electron chi connectivity index (χ3n) is 5.54. The van der Waals surface area contributed by atoms with Crippen molar-refractivity contribution in [2.24, 2.45) is 5.92 Å². The van der Waals surface area contributed by atoms with Gasteiger partial charge in [0.25, 0.3) is 0 Å². The van der Waals surface area contributed by atoms with Crippen LogP contribution in [0.3, 0.4) is 0 Å². The fourth-order valence-electron chi connectivity index (χ4n) is 3.86. The van der Waals surface area contributed by atoms with Crippen LogP contribution in [0.15, 0.2) is 30.5 Å². The molecular formula is C22H33N5O2. The van der Waals surface area contributed by atoms with Crippen LogP contribution in [-0.2, 0) is 6.54 Å². The first-order valence-electron chi connectivity index (χ1n) is 10.3. The van der Waals surface area contributed by atoms with Crippen LogP contribution in [0.1, 0.15) is 31.2 Å². The Bertz CT molecular complexity index is 753. The number of hydrogen-bond donors (Lipinski definition) is 2. The van der Waals surface area contributed by atoms with Crippen LogP contribution >= 0.6 is 0 Å². The fourth-order valence-corrected chi connectivity index (χ4v) is 3.86. The summed E-state index contributed by atoms with van der Waals surface area (Å²) in [4.78, 5) is 10.9. The second kappa shape index (κ2) is 10.3. The predicted molar refractivity (Wildman–Crippen MR) is 117 cm³/mol. The first kappa shape index (κ1) is 21.2. The van der Waals surface area contributed by atoms with E-state index in [1.54, 1.807) is 14.2 Å². The van der Waals surface area contributed by atoms with E-state index in [0.29, 0.717) is 12.0 Å². The number of aromatic nitrogens is 2. The summed E-state index contributed by atoms with van der Waals surface area (Å²) in [6, 6.07) is 8.27. The number of anilines is 2. The highest BCUT2D eigenvalue weighted by Gasteiger charge is 2.22. The Morgan fingerprint density at radius 1 is 1.03 bits per heavy atom. The molecule has 1 saturated carbocycles. The Kier molecular flexibility index (Phi) is 7.52. The van der Waals surface area contributed by atoms with E-state index >= 15 is 0 Å². The highest BCUT2D eigenvalue weighted by Crippen LogP contribution is 2.29. The minimum Gasteiger partial charge on any atom is -0.496 e. The van der Waals surface area contributed by atoms with Gasteiger partial charge in [-0.1, -0.05) is 6.07 Å². The van der Waals surface area contributed by atoms with Crippen molar-refractivity contribution in [2.45, 2.75) is 38.3 Å². The van der Waals surface area contributed by atoms with Crippen molar-refractivity contribution in [3.05, 3.63) is 36.0 Å². The summed E-state index contributed by atoms with van der Waals surface area (Å²) < 4.78 is 11.0. The molecule has 7 nitrogen and oxygen atoms in total. The van der Waals surface area contributed by atoms with Crippen molar-refractivity contribution < 1.29 is 9.47 Å². The molecular weight excluding hydrogens is 366 g/mol. The number of ether oxygens (including phenoxy) is 2. The van der Waals surface area contributed by atoms with Crippen molar-refractivity contribution in [1.82, 2.24) is 15.3 Å². The standard InChI is InChI=1S/C22H33N5O2/c1-27(2)21-12-13-24-22(26-21)25-17-10-8-16(9-11-17)14-23-15-18-19(28-3)6-5-7-20(18)29-4/h5-7,12-13,16-17,23H,8-11,14-15H2,1-4H3,(H,24,25,26)/t16-,17+. The molecule has 158 valence electrons. The first-order valence-corrected chi connectivity index (χ1v) is 10.3. The van der Waals surface area contributed by atoms with Gasteiger partial charge in [-0.3, -0.25) is 0 Å². The number of nitrogens with zero attached hydrogens (tertiary/aromatic N) is 3. The lowest BCUT2D eigenvalue weighted by Gasteiger charge is -2.29. The van der Waals surface area contributed by atoms with Crippen LogP contribution in [0, 0.1) is 5.92 Å². The summed E-state index contributed by atoms with van der Waals surface area (Å²) in [5, 5.41) is 7.10. The van der Waals surface area contributed by atoms with Crippen molar-refractivity contribution in [3.63, 3.8) is 0 Å². The molecule has 0 atom stereocenters. The molecule has 29 heavy (non-hydrogen) atoms. The number of rotatable bonds is 9. The maximum Gasteiger partial charge on any atom is 0.224 e. The molecule has 0 unspecified atom stereocenters. The van der Waals surface area contributed by atoms with Gasteiger partial charge in [-0.2, -0.15) is 4.98 Å². The van der Waals surface area contributed by atoms with Gasteiger partial charge in [-0.15, -0.1) is 0 Å². The second-order valence-corrected chi connectivity index (χ2v) is 7.77. The van der Waals surface area contributed by atoms with Crippen LogP contribution in [-0.4, -0.2) is 50.9 Å². The summed E-state index contributed by atoms with van der Waals surface area (Å²) in [5.74, 6) is 4.06. The van der Waals surface area contributed by atoms with Gasteiger partial charge in [-0.25, -0.2) is 4.98 Å². The van der Waals surface area contributed by atoms with E-state index in [9.17, 15) is 0 Å². The van der Waals surface area contributed by atoms with Crippen molar-refractivity contribution in [2.75, 3.05) is 45.1 Å². The van der Waals surface area contributed by atoms with Crippen molar-refractivity contribution in [1.29, 1.82) is 0 Å². The van der Waals surface area contributed by atoms with Gasteiger partial charge in [0.1, 0.15) is 17.3 Å². The molecule has 1 aliphatic rings. The summed E-state index contributed by atoms with van der Waals surface area (Å²) in [7, 11) is 7.38. The molecule has 0 bridgehead atoms. The van der Waals surface area contributed by atoms with Gasteiger partial charge in [0.05, 0.1) is 14.2 Å². The van der Waals surface area contributed by atoms with Gasteiger partial charge in [0.2, 0.25) is 5.95 Å². The summed E-state index contributed by atoms with van der Waals surface area (Å²) in [5.41, 5.74) is 1.07. The Morgan fingerprint density at radius 3 is 2.34 bits per heavy atom. The van der Waals surface area contributed by atoms with Gasteiger partial charge in [-0.05, 0) is 56.3 Å². The maximum atomic E-state index is 5.48. The van der Waals surface area contributed by atoms with E-state index in [-0.39, 0.29) is 0 Å². The average Bonchev–Trinajstić information content (AvgIpc) is 2.75. The lowest BCUT2D eigenvalue weighted by atomic mass is 9.86. The van der Waals surface area contributed by atoms with Crippen LogP contribution in [0.2, 0.25) is 0 Å². The fraction of sp³-hybridized carbons (Fsp3) is 0.545. The largest absolute Gasteiger partial charge is 0.496 e. The molecule has 0 amide bonds. The van der Waals surface area contributed by atoms with E-state index in [4.69, 9.17) is 9.47 Å². The number of methoxy groups -OCH3 is 2. The third kappa shape index (κ3) is 5.73. The molecule has 0 aliphatic heterocycles. The molecule has 1 heterocycles. The summed E-state index contributed by atoms with van der Waals surface area (Å²) in [6.45, 7) is 1.75. The molecule has 2 aromatic rings. The van der Waals surface area contributed by atoms with Crippen LogP contribution < -0.4 is 25.0 Å². The van der Waals surface area contributed by atoms with Crippen LogP contribution in [0.4, 0.5) is 11.8 Å². The molecule has 0 radical (unpaired) electrons. The van der Waals surface area contributed by atoms with Crippen molar-refractivity contribution in [3.8, 4) is 11.5 Å². The molecule has 0 saturated heterocycles. The Labute approximate surface area is 173 Å². The molecule has 3 rings (SSSR count). The van der Waals surface area contributed by atoms with Gasteiger partial charge >= 0.3 is 0 Å². The Morgan fingerprint density at radius 2 is 1.72 bits per heavy atom. The Hall–Kier alpha value is -2.54. The average molecular weight is 400 g/mol. The van der Waals surface area contributed by atoms with E-state index < -0.39 is 0 Å². The SMILES string of the molecule is COc1cccc(OC)c1CNC[C@H]1CC[C@@H](Nc2nccc(N(C)C)n2)CC1. The van der Waals surface area contributed by atoms with Gasteiger partial charge in [0.15, 0.2) is 0 Å². The first-order chi connectivity index (χ1) is 14.1. The van der Waals surface area contributed by atoms with Crippen molar-refractivity contribution >= 4 is 11.8 Å². The molecule has 2 N–H and O–H groups in total. The highest BCUT2D eigenvalue weighted by molar-refractivity contribution is 5.44. The van der Waals surface area contributed by atoms with E-state index in [1.165, 1.54) is 12.8 Å². The minimum absolute atomic E-state index is 0.443. The lowest BCUT2D eigenvalue weighted by molar-refractivity contribution is 0.321. The number of benzene rings is 1. The van der Waals surface area contributed by atoms with E-state index in [0.717, 1.165) is 54.8 Å². The monoisotopic (exact) mass is 399 g/mol. The minimum atomic E-state index is 0.443. The zero-order chi connectivity index (χ0) is 20.6. The van der Waals surface area contributed by atoms with Crippen LogP contribution in [0.25, 0.3) is 0 Å². The predicted octanol–water partition coefficient (Wildman–Crippen LogP) is 3.32. The highest BCUT2D eigenvalue weighted by atomic mass is 16.5. The number of nitrogens with one attached hydrogen (secondary N) is 2. The maximum absolute atomic E-state index is 5.48. The molecule has 1 aromatic carbocycles. The molecule has 1 fully saturated rings. The quantitative estimate of drug-likeness (QED) is 0.670. The molecule has 1 aromatic heterocycles. The molecule has 7 heteroatoms. The van der Waals surface area contributed by atoms with E-state index in [1.807, 2.05) is 49.5 Å². The van der Waals surface area contributed by atoms with Gasteiger partial charge < -0.3 is 25.0 Å². The number of hydrogen-bond acceptors (Lipinski definition) is 7. The normalized spacial score (nSPS) is 18.9. The third-order valence-corrected chi connectivity index (χ3v) is 5.54. The summed E-state index contributed by atoms with van der Waals surface area (Å²) >= 11 is 0. The smallest absolute Gasteiger partial charge is 0.224 e. The lowest BCUT2D eigenvalue weighted by Crippen LogP contribution is -2.31. The Balaban J connectivity index is 1.44. The van der Waals surface area contributed by atoms with E-state index in [2.05, 4.69) is 20.6 Å². The second-order valence-electron chi connectivity index (χ2n) is 7.77. The van der Waals surface area contributed by atoms with Crippen LogP contribution in [0.5, 0.6) is 11.5 Å². The summed E-state index contributed by atoms with van der Waals surface area (Å²) in [6.07, 6.45) is 6.48. The zero-order valence-corrected chi connectivity index (χ0v) is 17.9. The zero-order valence-electron chi connectivity index (χ0n) is 17.9. The molecule has 1 aliphatic carbocycles. The van der Waals surface area contributed by atoms with Gasteiger partial charge in [0, 0.05) is 38.4 Å².